The molecule has 9 heteroatoms. The fourth-order valence-corrected chi connectivity index (χ4v) is 4.79. The highest BCUT2D eigenvalue weighted by Gasteiger charge is 2.34. The molecular formula is C23H20F3N3O2S. The van der Waals surface area contributed by atoms with Gasteiger partial charge < -0.3 is 19.1 Å². The summed E-state index contributed by atoms with van der Waals surface area (Å²) in [5.41, 5.74) is 2.81. The average molecular weight is 459 g/mol. The van der Waals surface area contributed by atoms with E-state index in [2.05, 4.69) is 30.8 Å². The second-order valence-electron chi connectivity index (χ2n) is 7.50. The second kappa shape index (κ2) is 8.48. The highest BCUT2D eigenvalue weighted by atomic mass is 32.2. The second-order valence-corrected chi connectivity index (χ2v) is 8.41. The zero-order valence-electron chi connectivity index (χ0n) is 16.9. The Morgan fingerprint density at radius 2 is 1.53 bits per heavy atom. The zero-order valence-corrected chi connectivity index (χ0v) is 17.7. The summed E-state index contributed by atoms with van der Waals surface area (Å²) in [6.07, 6.45) is -3.72. The van der Waals surface area contributed by atoms with Crippen LogP contribution in [0.2, 0.25) is 0 Å². The minimum atomic E-state index is -4.69. The van der Waals surface area contributed by atoms with Crippen LogP contribution in [0.3, 0.4) is 0 Å². The van der Waals surface area contributed by atoms with E-state index in [0.29, 0.717) is 5.69 Å². The van der Waals surface area contributed by atoms with E-state index in [0.717, 1.165) is 42.4 Å². The predicted molar refractivity (Wildman–Crippen MR) is 119 cm³/mol. The number of nitrogens with zero attached hydrogens (tertiary/aromatic N) is 2. The number of alkyl halides is 3. The summed E-state index contributed by atoms with van der Waals surface area (Å²) in [4.78, 5) is 2.35. The van der Waals surface area contributed by atoms with E-state index in [-0.39, 0.29) is 11.8 Å². The lowest BCUT2D eigenvalue weighted by Crippen LogP contribution is -2.34. The van der Waals surface area contributed by atoms with Gasteiger partial charge in [0.1, 0.15) is 5.75 Å². The van der Waals surface area contributed by atoms with Crippen LogP contribution < -0.4 is 19.1 Å². The van der Waals surface area contributed by atoms with Crippen LogP contribution in [0.15, 0.2) is 72.8 Å². The van der Waals surface area contributed by atoms with Gasteiger partial charge in [0.15, 0.2) is 11.5 Å². The molecule has 5 nitrogen and oxygen atoms in total. The molecule has 1 fully saturated rings. The van der Waals surface area contributed by atoms with Crippen LogP contribution in [-0.2, 0) is 0 Å². The monoisotopic (exact) mass is 459 g/mol. The molecule has 0 radical (unpaired) electrons. The Kier molecular flexibility index (Phi) is 5.52. The highest BCUT2D eigenvalue weighted by molar-refractivity contribution is 7.98. The summed E-state index contributed by atoms with van der Waals surface area (Å²) in [5.74, 6) is 1.45. The van der Waals surface area contributed by atoms with Gasteiger partial charge in [-0.25, -0.2) is 4.31 Å². The molecule has 2 aliphatic rings. The lowest BCUT2D eigenvalue weighted by Gasteiger charge is -2.36. The van der Waals surface area contributed by atoms with Crippen molar-refractivity contribution in [3.63, 3.8) is 0 Å². The zero-order chi connectivity index (χ0) is 22.1. The standard InChI is InChI=1S/C23H20F3N3O2S/c24-23(25,26)31-18-11-9-16(10-12-18)27-32-28-14-13-17(15-28)29-19-5-1-3-7-21(19)30-22-8-4-2-6-20(22)29/h1-12,17,27H,13-15H2/t17-/m1/s1. The summed E-state index contributed by atoms with van der Waals surface area (Å²) in [6, 6.07) is 22.1. The maximum absolute atomic E-state index is 12.3. The van der Waals surface area contributed by atoms with E-state index in [9.17, 15) is 13.2 Å². The van der Waals surface area contributed by atoms with Crippen molar-refractivity contribution >= 4 is 29.2 Å². The number of para-hydroxylation sites is 4. The van der Waals surface area contributed by atoms with Gasteiger partial charge in [0.25, 0.3) is 0 Å². The molecule has 1 saturated heterocycles. The van der Waals surface area contributed by atoms with Gasteiger partial charge in [0, 0.05) is 37.0 Å². The van der Waals surface area contributed by atoms with E-state index < -0.39 is 6.36 Å². The van der Waals surface area contributed by atoms with Gasteiger partial charge in [0.2, 0.25) is 0 Å². The maximum atomic E-state index is 12.3. The van der Waals surface area contributed by atoms with E-state index >= 15 is 0 Å². The molecule has 0 bridgehead atoms. The fraction of sp³-hybridized carbons (Fsp3) is 0.217. The van der Waals surface area contributed by atoms with Crippen LogP contribution in [0.5, 0.6) is 17.2 Å². The molecule has 1 N–H and O–H groups in total. The normalized spacial score (nSPS) is 18.0. The van der Waals surface area contributed by atoms with Crippen molar-refractivity contribution in [3.05, 3.63) is 72.8 Å². The smallest absolute Gasteiger partial charge is 0.453 e. The molecule has 5 rings (SSSR count). The first kappa shape index (κ1) is 20.8. The first-order valence-electron chi connectivity index (χ1n) is 10.2. The van der Waals surface area contributed by atoms with Crippen LogP contribution in [0.4, 0.5) is 30.2 Å². The molecule has 0 aliphatic carbocycles. The van der Waals surface area contributed by atoms with Gasteiger partial charge >= 0.3 is 6.36 Å². The van der Waals surface area contributed by atoms with Gasteiger partial charge in [-0.15, -0.1) is 13.2 Å². The Hall–Kier alpha value is -3.04. The number of ether oxygens (including phenoxy) is 2. The molecule has 32 heavy (non-hydrogen) atoms. The van der Waals surface area contributed by atoms with Crippen molar-refractivity contribution in [2.75, 3.05) is 22.7 Å². The van der Waals surface area contributed by atoms with Gasteiger partial charge in [0.05, 0.1) is 11.4 Å². The summed E-state index contributed by atoms with van der Waals surface area (Å²) >= 11 is 1.45. The van der Waals surface area contributed by atoms with Gasteiger partial charge in [-0.1, -0.05) is 24.3 Å². The number of benzene rings is 3. The Labute approximate surface area is 188 Å². The average Bonchev–Trinajstić information content (AvgIpc) is 3.24. The highest BCUT2D eigenvalue weighted by Crippen LogP contribution is 2.48. The third-order valence-electron chi connectivity index (χ3n) is 5.34. The Balaban J connectivity index is 1.25. The molecule has 0 saturated carbocycles. The number of rotatable bonds is 5. The minimum Gasteiger partial charge on any atom is -0.453 e. The van der Waals surface area contributed by atoms with Crippen molar-refractivity contribution in [1.29, 1.82) is 0 Å². The topological polar surface area (TPSA) is 37.0 Å². The summed E-state index contributed by atoms with van der Waals surface area (Å²) in [7, 11) is 0. The molecule has 0 spiro atoms. The Morgan fingerprint density at radius 3 is 2.16 bits per heavy atom. The molecule has 0 unspecified atom stereocenters. The first-order valence-corrected chi connectivity index (χ1v) is 10.9. The van der Waals surface area contributed by atoms with Crippen molar-refractivity contribution in [1.82, 2.24) is 4.31 Å². The largest absolute Gasteiger partial charge is 0.573 e. The summed E-state index contributed by atoms with van der Waals surface area (Å²) < 4.78 is 52.3. The minimum absolute atomic E-state index is 0.237. The lowest BCUT2D eigenvalue weighted by atomic mass is 10.1. The predicted octanol–water partition coefficient (Wildman–Crippen LogP) is 6.58. The molecule has 3 aromatic carbocycles. The van der Waals surface area contributed by atoms with Crippen molar-refractivity contribution < 1.29 is 22.6 Å². The van der Waals surface area contributed by atoms with Crippen molar-refractivity contribution in [2.24, 2.45) is 0 Å². The Bertz CT molecular complexity index is 1050. The fourth-order valence-electron chi connectivity index (χ4n) is 3.97. The van der Waals surface area contributed by atoms with Gasteiger partial charge in [-0.05, 0) is 55.0 Å². The molecule has 3 aromatic rings. The van der Waals surface area contributed by atoms with E-state index in [1.807, 2.05) is 36.4 Å². The molecule has 166 valence electrons. The van der Waals surface area contributed by atoms with Crippen LogP contribution in [0, 0.1) is 0 Å². The quantitative estimate of drug-likeness (QED) is 0.435. The number of hydrogen-bond donors (Lipinski definition) is 1. The van der Waals surface area contributed by atoms with Gasteiger partial charge in [-0.3, -0.25) is 0 Å². The summed E-state index contributed by atoms with van der Waals surface area (Å²) in [5, 5.41) is 0. The lowest BCUT2D eigenvalue weighted by molar-refractivity contribution is -0.274. The van der Waals surface area contributed by atoms with Crippen LogP contribution in [0.1, 0.15) is 6.42 Å². The van der Waals surface area contributed by atoms with Crippen LogP contribution in [0.25, 0.3) is 0 Å². The molecular weight excluding hydrogens is 439 g/mol. The molecule has 2 aliphatic heterocycles. The molecule has 1 atom stereocenters. The number of fused-ring (bicyclic) bond motifs is 2. The van der Waals surface area contributed by atoms with E-state index in [4.69, 9.17) is 4.74 Å². The van der Waals surface area contributed by atoms with Crippen molar-refractivity contribution in [3.8, 4) is 17.2 Å². The first-order chi connectivity index (χ1) is 15.5. The Morgan fingerprint density at radius 1 is 0.906 bits per heavy atom. The van der Waals surface area contributed by atoms with Crippen LogP contribution in [-0.4, -0.2) is 29.8 Å². The third-order valence-corrected chi connectivity index (χ3v) is 6.26. The van der Waals surface area contributed by atoms with Gasteiger partial charge in [-0.2, -0.15) is 0 Å². The van der Waals surface area contributed by atoms with E-state index in [1.54, 1.807) is 12.1 Å². The maximum Gasteiger partial charge on any atom is 0.573 e. The molecule has 2 heterocycles. The third kappa shape index (κ3) is 4.44. The van der Waals surface area contributed by atoms with E-state index in [1.165, 1.54) is 24.3 Å². The number of nitrogens with one attached hydrogen (secondary N) is 1. The molecule has 0 aromatic heterocycles. The summed E-state index contributed by atoms with van der Waals surface area (Å²) in [6.45, 7) is 1.69. The van der Waals surface area contributed by atoms with Crippen LogP contribution >= 0.6 is 12.1 Å². The number of hydrogen-bond acceptors (Lipinski definition) is 6. The van der Waals surface area contributed by atoms with Crippen molar-refractivity contribution in [2.45, 2.75) is 18.8 Å². The number of anilines is 3. The SMILES string of the molecule is FC(F)(F)Oc1ccc(NSN2CC[C@@H](N3c4ccccc4Oc4ccccc43)C2)cc1. The number of halogens is 3. The molecule has 0 amide bonds.